The van der Waals surface area contributed by atoms with Gasteiger partial charge in [0.1, 0.15) is 36.0 Å². The van der Waals surface area contributed by atoms with Crippen LogP contribution in [0.5, 0.6) is 0 Å². The van der Waals surface area contributed by atoms with E-state index in [-0.39, 0.29) is 0 Å². The van der Waals surface area contributed by atoms with Crippen molar-refractivity contribution >= 4 is 63.4 Å². The number of rotatable bonds is 0. The Balaban J connectivity index is -0.000000797. The first-order valence-electron chi connectivity index (χ1n) is 25.9. The molecule has 0 spiro atoms. The van der Waals surface area contributed by atoms with Gasteiger partial charge in [-0.1, -0.05) is 55.7 Å². The van der Waals surface area contributed by atoms with Gasteiger partial charge in [-0.15, -0.1) is 15.3 Å². The van der Waals surface area contributed by atoms with E-state index in [4.69, 9.17) is 0 Å². The monoisotopic (exact) mass is 1130 g/mol. The van der Waals surface area contributed by atoms with E-state index in [0.717, 1.165) is 103 Å². The van der Waals surface area contributed by atoms with E-state index in [2.05, 4.69) is 117 Å². The van der Waals surface area contributed by atoms with Crippen LogP contribution in [0.1, 0.15) is 137 Å². The molecular weight excluding hydrogens is 1040 g/mol. The van der Waals surface area contributed by atoms with E-state index < -0.39 is 0 Å². The topological polar surface area (TPSA) is 296 Å². The van der Waals surface area contributed by atoms with Crippen LogP contribution < -0.4 is 0 Å². The van der Waals surface area contributed by atoms with Crippen molar-refractivity contribution in [1.82, 2.24) is 74.1 Å². The largest absolute Gasteiger partial charge is 0.280 e. The first-order chi connectivity index (χ1) is 37.6. The highest BCUT2D eigenvalue weighted by Gasteiger charge is 2.00. The molecule has 6 aliphatic rings. The Morgan fingerprint density at radius 1 is 0.557 bits per heavy atom. The maximum Gasteiger partial charge on any atom is 0.147 e. The molecule has 0 unspecified atom stereocenters. The molecule has 0 amide bonds. The van der Waals surface area contributed by atoms with Gasteiger partial charge in [0.05, 0.1) is 68.7 Å². The SMILES string of the molecule is CC.CC.CC.CC1=CCN=N1.CC1=CN=C(C)C1.CC1=NC(C)=NC1.CC1=NC(C)=NC1.CC1=NC(C)=NC1.CN1CCN=N1.Cc1ncn(C)n1.Cc1nnsc1C.Cc1nnsc1C.Cn1cnnn1.Cn1nccn1. The number of aryl methyl sites for hydroxylation is 8. The van der Waals surface area contributed by atoms with Crippen LogP contribution in [0.15, 0.2) is 104 Å². The highest BCUT2D eigenvalue weighted by Crippen LogP contribution is 2.09. The van der Waals surface area contributed by atoms with E-state index >= 15 is 0 Å². The number of hydrogen-bond donors (Lipinski definition) is 0. The summed E-state index contributed by atoms with van der Waals surface area (Å²) in [5.41, 5.74) is 9.10. The summed E-state index contributed by atoms with van der Waals surface area (Å²) in [5.74, 6) is 3.56. The molecule has 0 saturated heterocycles. The number of azo groups is 1. The third kappa shape index (κ3) is 45.4. The molecule has 438 valence electrons. The number of tetrazole rings is 1. The maximum absolute atomic E-state index is 4.07. The fraction of sp³-hybridized carbons (Fsp3) is 0.608. The van der Waals surface area contributed by atoms with Crippen LogP contribution in [0, 0.1) is 34.6 Å². The van der Waals surface area contributed by atoms with Crippen molar-refractivity contribution in [3.05, 3.63) is 75.6 Å². The van der Waals surface area contributed by atoms with Crippen molar-refractivity contribution in [2.45, 2.75) is 145 Å². The first kappa shape index (κ1) is 75.9. The zero-order chi connectivity index (χ0) is 60.6. The number of aromatic nitrogens is 14. The quantitative estimate of drug-likeness (QED) is 0.140. The standard InChI is InChI=1S/C6H9N.3C5H8N2.C4H7N3.2C4H6N2S.C4H6N2.C3H7N3.C3H5N3.C2H4N4.3C2H6/c1-5-3-6(2)7-4-5;3*1-4-3-6-5(2)7-4;1-4-5-3-7(2)6-4;2*1-3-4(2)7-6-5-3;1-4-2-3-5-6-4;1-6-3-2-4-5-6;1-6-4-2-3-5-6;1-6-2-3-4-5-6;3*1-2/h4H,3H2,1-2H3;3*3H2,1-2H3;3H,1-2H3;2*1-2H3;2H,3H2,1H3;2-3H2,1H3;2-3H,1H3;2H,1H3;3*1-2H3. The van der Waals surface area contributed by atoms with Gasteiger partial charge in [0.15, 0.2) is 0 Å². The molecule has 0 aliphatic carbocycles. The second kappa shape index (κ2) is 49.0. The van der Waals surface area contributed by atoms with E-state index in [1.165, 1.54) is 59.9 Å². The van der Waals surface area contributed by atoms with E-state index in [0.29, 0.717) is 0 Å². The lowest BCUT2D eigenvalue weighted by Crippen LogP contribution is -2.06. The fourth-order valence-electron chi connectivity index (χ4n) is 4.69. The molecule has 0 atom stereocenters. The van der Waals surface area contributed by atoms with Crippen molar-refractivity contribution in [1.29, 1.82) is 0 Å². The molecule has 11 heterocycles. The van der Waals surface area contributed by atoms with E-state index in [9.17, 15) is 0 Å². The van der Waals surface area contributed by atoms with Gasteiger partial charge in [0.25, 0.3) is 0 Å². The average Bonchev–Trinajstić information content (AvgIpc) is 4.24. The predicted molar refractivity (Wildman–Crippen MR) is 329 cm³/mol. The fourth-order valence-corrected chi connectivity index (χ4v) is 5.61. The average molecular weight is 1130 g/mol. The summed E-state index contributed by atoms with van der Waals surface area (Å²) >= 11 is 2.89. The second-order valence-corrected chi connectivity index (χ2v) is 18.0. The Labute approximate surface area is 479 Å². The van der Waals surface area contributed by atoms with Crippen LogP contribution >= 0.6 is 23.1 Å². The van der Waals surface area contributed by atoms with Crippen LogP contribution in [0.25, 0.3) is 0 Å². The van der Waals surface area contributed by atoms with Gasteiger partial charge in [0, 0.05) is 73.4 Å². The predicted octanol–water partition coefficient (Wildman–Crippen LogP) is 10.6. The van der Waals surface area contributed by atoms with Crippen molar-refractivity contribution < 1.29 is 0 Å². The number of aliphatic imine (C=N–C) groups is 7. The van der Waals surface area contributed by atoms with Crippen LogP contribution in [-0.2, 0) is 21.1 Å². The summed E-state index contributed by atoms with van der Waals surface area (Å²) in [6.07, 6.45) is 11.5. The zero-order valence-electron chi connectivity index (χ0n) is 51.9. The van der Waals surface area contributed by atoms with E-state index in [1.807, 2.05) is 163 Å². The first-order valence-corrected chi connectivity index (χ1v) is 27.5. The molecule has 0 fully saturated rings. The molecule has 5 aromatic rings. The lowest BCUT2D eigenvalue weighted by atomic mass is 10.2. The molecule has 0 radical (unpaired) electrons. The molecule has 0 bridgehead atoms. The Bertz CT molecular complexity index is 2440. The van der Waals surface area contributed by atoms with Crippen LogP contribution in [0.2, 0.25) is 0 Å². The van der Waals surface area contributed by atoms with Crippen molar-refractivity contribution in [3.63, 3.8) is 0 Å². The van der Waals surface area contributed by atoms with Gasteiger partial charge in [-0.25, -0.2) is 24.6 Å². The third-order valence-electron chi connectivity index (χ3n) is 8.60. The molecule has 6 aliphatic heterocycles. The van der Waals surface area contributed by atoms with Crippen LogP contribution in [0.4, 0.5) is 0 Å². The molecule has 0 aromatic carbocycles. The van der Waals surface area contributed by atoms with E-state index in [1.54, 1.807) is 37.5 Å². The summed E-state index contributed by atoms with van der Waals surface area (Å²) in [6, 6.07) is 0. The lowest BCUT2D eigenvalue weighted by molar-refractivity contribution is 0.395. The molecular formula is C51H92N26S2. The Morgan fingerprint density at radius 3 is 1.14 bits per heavy atom. The Kier molecular flexibility index (Phi) is 47.0. The van der Waals surface area contributed by atoms with Crippen molar-refractivity contribution in [3.8, 4) is 0 Å². The number of hydrogen-bond acceptors (Lipinski definition) is 25. The lowest BCUT2D eigenvalue weighted by Gasteiger charge is -1.96. The minimum atomic E-state index is 0.784. The van der Waals surface area contributed by atoms with Gasteiger partial charge in [-0.05, 0) is 142 Å². The summed E-state index contributed by atoms with van der Waals surface area (Å²) in [7, 11) is 7.30. The zero-order valence-corrected chi connectivity index (χ0v) is 53.5. The minimum absolute atomic E-state index is 0.784. The van der Waals surface area contributed by atoms with Crippen molar-refractivity contribution in [2.75, 3.05) is 46.3 Å². The Morgan fingerprint density at radius 2 is 1.04 bits per heavy atom. The van der Waals surface area contributed by atoms with Gasteiger partial charge in [-0.3, -0.25) is 29.7 Å². The van der Waals surface area contributed by atoms with Gasteiger partial charge >= 0.3 is 0 Å². The smallest absolute Gasteiger partial charge is 0.147 e. The summed E-state index contributed by atoms with van der Waals surface area (Å²) < 4.78 is 10.6. The molecule has 5 aromatic heterocycles. The van der Waals surface area contributed by atoms with Gasteiger partial charge < -0.3 is 0 Å². The molecule has 28 heteroatoms. The van der Waals surface area contributed by atoms with Crippen molar-refractivity contribution in [2.24, 2.45) is 76.7 Å². The van der Waals surface area contributed by atoms with Gasteiger partial charge in [-0.2, -0.15) is 35.4 Å². The maximum atomic E-state index is 4.07. The normalized spacial score (nSPS) is 13.8. The van der Waals surface area contributed by atoms with Crippen LogP contribution in [0.3, 0.4) is 0 Å². The molecule has 0 N–H and O–H groups in total. The second-order valence-electron chi connectivity index (χ2n) is 16.0. The highest BCUT2D eigenvalue weighted by atomic mass is 32.1. The van der Waals surface area contributed by atoms with Crippen LogP contribution in [-0.4, -0.2) is 161 Å². The summed E-state index contributed by atoms with van der Waals surface area (Å²) in [5, 5.41) is 45.8. The summed E-state index contributed by atoms with van der Waals surface area (Å²) in [6.45, 7) is 44.7. The Hall–Kier alpha value is -7.36. The van der Waals surface area contributed by atoms with Gasteiger partial charge in [0.2, 0.25) is 0 Å². The minimum Gasteiger partial charge on any atom is -0.280 e. The summed E-state index contributed by atoms with van der Waals surface area (Å²) in [4.78, 5) is 36.1. The number of nitrogens with zero attached hydrogens (tertiary/aromatic N) is 26. The molecule has 26 nitrogen and oxygen atoms in total. The highest BCUT2D eigenvalue weighted by molar-refractivity contribution is 7.05. The number of likely N-dealkylation sites (N-methyl/N-ethyl adjacent to an activating group) is 1. The third-order valence-corrected chi connectivity index (χ3v) is 10.1. The number of allylic oxidation sites excluding steroid dienone is 2. The molecule has 79 heavy (non-hydrogen) atoms. The number of amidine groups is 3. The molecule has 0 saturated carbocycles. The molecule has 11 rings (SSSR count).